The third kappa shape index (κ3) is 5.64. The molecular weight excluding hydrogens is 448 g/mol. The van der Waals surface area contributed by atoms with Crippen LogP contribution in [0.4, 0.5) is 0 Å². The minimum Gasteiger partial charge on any atom is -0.368 e. The van der Waals surface area contributed by atoms with Crippen molar-refractivity contribution in [2.75, 3.05) is 7.05 Å². The first-order valence-corrected chi connectivity index (χ1v) is 11.8. The number of carbonyl (C=O) groups excluding carboxylic acids is 2. The van der Waals surface area contributed by atoms with E-state index in [0.29, 0.717) is 17.3 Å². The van der Waals surface area contributed by atoms with Crippen LogP contribution in [-0.2, 0) is 24.2 Å². The van der Waals surface area contributed by atoms with E-state index in [0.717, 1.165) is 36.0 Å². The Morgan fingerprint density at radius 3 is 2.53 bits per heavy atom. The zero-order valence-corrected chi connectivity index (χ0v) is 20.2. The van der Waals surface area contributed by atoms with Gasteiger partial charge in [0, 0.05) is 29.4 Å². The number of aryl methyl sites for hydroxylation is 1. The lowest BCUT2D eigenvalue weighted by molar-refractivity contribution is -0.122. The zero-order valence-electron chi connectivity index (χ0n) is 19.4. The molecule has 2 atom stereocenters. The first-order chi connectivity index (χ1) is 16.3. The average molecular weight is 477 g/mol. The molecule has 34 heavy (non-hydrogen) atoms. The Morgan fingerprint density at radius 1 is 1.12 bits per heavy atom. The van der Waals surface area contributed by atoms with E-state index in [1.54, 1.807) is 12.3 Å². The quantitative estimate of drug-likeness (QED) is 0.539. The Labute approximate surface area is 205 Å². The van der Waals surface area contributed by atoms with Gasteiger partial charge in [-0.15, -0.1) is 0 Å². The molecule has 2 aromatic carbocycles. The summed E-state index contributed by atoms with van der Waals surface area (Å²) in [6, 6.07) is 17.4. The van der Waals surface area contributed by atoms with Crippen molar-refractivity contribution in [1.29, 1.82) is 0 Å². The maximum Gasteiger partial charge on any atom is 0.270 e. The predicted molar refractivity (Wildman–Crippen MR) is 135 cm³/mol. The van der Waals surface area contributed by atoms with Gasteiger partial charge in [-0.1, -0.05) is 48.0 Å². The number of rotatable bonds is 7. The van der Waals surface area contributed by atoms with E-state index in [1.807, 2.05) is 49.2 Å². The zero-order chi connectivity index (χ0) is 24.2. The summed E-state index contributed by atoms with van der Waals surface area (Å²) in [6.07, 6.45) is 4.27. The van der Waals surface area contributed by atoms with Crippen LogP contribution in [0.1, 0.15) is 40.5 Å². The van der Waals surface area contributed by atoms with E-state index in [4.69, 9.17) is 17.3 Å². The summed E-state index contributed by atoms with van der Waals surface area (Å²) in [5, 5.41) is 3.82. The number of likely N-dealkylation sites (N-methyl/N-ethyl adjacent to an activating group) is 1. The number of hydrogen-bond acceptors (Lipinski definition) is 4. The van der Waals surface area contributed by atoms with Crippen molar-refractivity contribution in [3.63, 3.8) is 0 Å². The Morgan fingerprint density at radius 2 is 1.85 bits per heavy atom. The second-order valence-electron chi connectivity index (χ2n) is 8.95. The maximum absolute atomic E-state index is 12.8. The van der Waals surface area contributed by atoms with Crippen LogP contribution in [0.25, 0.3) is 11.1 Å². The van der Waals surface area contributed by atoms with Gasteiger partial charge >= 0.3 is 0 Å². The molecule has 4 rings (SSSR count). The van der Waals surface area contributed by atoms with Gasteiger partial charge in [-0.3, -0.25) is 19.5 Å². The van der Waals surface area contributed by atoms with Gasteiger partial charge < -0.3 is 11.1 Å². The van der Waals surface area contributed by atoms with Crippen LogP contribution >= 0.6 is 11.6 Å². The monoisotopic (exact) mass is 476 g/mol. The van der Waals surface area contributed by atoms with Gasteiger partial charge in [0.25, 0.3) is 5.91 Å². The van der Waals surface area contributed by atoms with Gasteiger partial charge in [-0.2, -0.15) is 0 Å². The summed E-state index contributed by atoms with van der Waals surface area (Å²) in [4.78, 5) is 30.5. The van der Waals surface area contributed by atoms with Gasteiger partial charge in [-0.05, 0) is 73.7 Å². The van der Waals surface area contributed by atoms with Crippen LogP contribution in [0.2, 0.25) is 5.02 Å². The highest BCUT2D eigenvalue weighted by molar-refractivity contribution is 6.30. The number of fused-ring (bicyclic) bond motifs is 1. The SMILES string of the molecule is CC(C(N)=O)N(C)Cc1ccc2c(c1)CCC(NC(=O)c1ccc(-c3ccc(Cl)cc3)cn1)C2. The summed E-state index contributed by atoms with van der Waals surface area (Å²) < 4.78 is 0. The van der Waals surface area contributed by atoms with Crippen molar-refractivity contribution >= 4 is 23.4 Å². The third-order valence-corrected chi connectivity index (χ3v) is 6.76. The molecule has 7 heteroatoms. The van der Waals surface area contributed by atoms with E-state index < -0.39 is 0 Å². The van der Waals surface area contributed by atoms with Crippen LogP contribution in [0.15, 0.2) is 60.8 Å². The van der Waals surface area contributed by atoms with Gasteiger partial charge in [0.1, 0.15) is 5.69 Å². The minimum absolute atomic E-state index is 0.0705. The lowest BCUT2D eigenvalue weighted by Crippen LogP contribution is -2.40. The first-order valence-electron chi connectivity index (χ1n) is 11.4. The molecule has 0 saturated carbocycles. The lowest BCUT2D eigenvalue weighted by Gasteiger charge is -2.27. The van der Waals surface area contributed by atoms with Crippen molar-refractivity contribution in [1.82, 2.24) is 15.2 Å². The Bertz CT molecular complexity index is 1180. The van der Waals surface area contributed by atoms with E-state index >= 15 is 0 Å². The number of nitrogens with zero attached hydrogens (tertiary/aromatic N) is 2. The van der Waals surface area contributed by atoms with Gasteiger partial charge in [0.05, 0.1) is 6.04 Å². The largest absolute Gasteiger partial charge is 0.368 e. The fourth-order valence-electron chi connectivity index (χ4n) is 4.27. The minimum atomic E-state index is -0.326. The molecule has 1 aliphatic carbocycles. The van der Waals surface area contributed by atoms with E-state index in [1.165, 1.54) is 11.1 Å². The number of pyridine rings is 1. The molecule has 0 spiro atoms. The number of nitrogens with two attached hydrogens (primary N) is 1. The molecular formula is C27H29ClN4O2. The van der Waals surface area contributed by atoms with Crippen molar-refractivity contribution in [3.05, 3.63) is 88.2 Å². The molecule has 0 fully saturated rings. The van der Waals surface area contributed by atoms with Crippen LogP contribution < -0.4 is 11.1 Å². The Kier molecular flexibility index (Phi) is 7.29. The topological polar surface area (TPSA) is 88.3 Å². The molecule has 1 heterocycles. The summed E-state index contributed by atoms with van der Waals surface area (Å²) in [5.41, 5.74) is 11.5. The van der Waals surface area contributed by atoms with Crippen LogP contribution in [0.3, 0.4) is 0 Å². The Balaban J connectivity index is 1.36. The fraction of sp³-hybridized carbons (Fsp3) is 0.296. The fourth-order valence-corrected chi connectivity index (χ4v) is 4.40. The van der Waals surface area contributed by atoms with E-state index in [-0.39, 0.29) is 23.9 Å². The maximum atomic E-state index is 12.8. The number of hydrogen-bond donors (Lipinski definition) is 2. The summed E-state index contributed by atoms with van der Waals surface area (Å²) >= 11 is 5.95. The highest BCUT2D eigenvalue weighted by Crippen LogP contribution is 2.24. The molecule has 3 N–H and O–H groups in total. The number of carbonyl (C=O) groups is 2. The van der Waals surface area contributed by atoms with Crippen molar-refractivity contribution < 1.29 is 9.59 Å². The van der Waals surface area contributed by atoms with Crippen molar-refractivity contribution in [3.8, 4) is 11.1 Å². The smallest absolute Gasteiger partial charge is 0.270 e. The molecule has 0 saturated heterocycles. The number of halogens is 1. The number of amides is 2. The Hall–Kier alpha value is -3.22. The van der Waals surface area contributed by atoms with E-state index in [9.17, 15) is 9.59 Å². The number of primary amides is 1. The molecule has 6 nitrogen and oxygen atoms in total. The second kappa shape index (κ2) is 10.4. The first kappa shape index (κ1) is 23.9. The lowest BCUT2D eigenvalue weighted by atomic mass is 9.87. The third-order valence-electron chi connectivity index (χ3n) is 6.51. The number of benzene rings is 2. The summed E-state index contributed by atoms with van der Waals surface area (Å²) in [6.45, 7) is 2.48. The normalized spacial score (nSPS) is 16.1. The molecule has 0 aliphatic heterocycles. The molecule has 0 bridgehead atoms. The molecule has 0 radical (unpaired) electrons. The van der Waals surface area contributed by atoms with Crippen LogP contribution in [0, 0.1) is 0 Å². The van der Waals surface area contributed by atoms with Crippen molar-refractivity contribution in [2.45, 2.75) is 44.8 Å². The molecule has 3 aromatic rings. The molecule has 2 unspecified atom stereocenters. The standard InChI is InChI=1S/C27H29ClN4O2/c1-17(26(29)33)32(2)16-18-3-4-21-14-24(11-7-20(21)13-18)31-27(34)25-12-8-22(15-30-25)19-5-9-23(28)10-6-19/h3-6,8-10,12-13,15,17,24H,7,11,14,16H2,1-2H3,(H2,29,33)(H,31,34). The van der Waals surface area contributed by atoms with Crippen LogP contribution in [0.5, 0.6) is 0 Å². The molecule has 176 valence electrons. The van der Waals surface area contributed by atoms with Crippen LogP contribution in [-0.4, -0.2) is 40.8 Å². The summed E-state index contributed by atoms with van der Waals surface area (Å²) in [7, 11) is 1.90. The van der Waals surface area contributed by atoms with Gasteiger partial charge in [-0.25, -0.2) is 0 Å². The molecule has 2 amide bonds. The molecule has 1 aromatic heterocycles. The number of aromatic nitrogens is 1. The van der Waals surface area contributed by atoms with E-state index in [2.05, 4.69) is 28.5 Å². The number of nitrogens with one attached hydrogen (secondary N) is 1. The predicted octanol–water partition coefficient (Wildman–Crippen LogP) is 3.99. The average Bonchev–Trinajstić information content (AvgIpc) is 2.84. The second-order valence-corrected chi connectivity index (χ2v) is 9.39. The van der Waals surface area contributed by atoms with Crippen molar-refractivity contribution in [2.24, 2.45) is 5.73 Å². The van der Waals surface area contributed by atoms with Gasteiger partial charge in [0.15, 0.2) is 0 Å². The van der Waals surface area contributed by atoms with Gasteiger partial charge in [0.2, 0.25) is 5.91 Å². The summed E-state index contributed by atoms with van der Waals surface area (Å²) in [5.74, 6) is -0.483. The highest BCUT2D eigenvalue weighted by atomic mass is 35.5. The molecule has 1 aliphatic rings. The highest BCUT2D eigenvalue weighted by Gasteiger charge is 2.22.